The minimum Gasteiger partial charge on any atom is -0.480 e. The lowest BCUT2D eigenvalue weighted by atomic mass is 9.73. The van der Waals surface area contributed by atoms with E-state index in [1.807, 2.05) is 6.07 Å². The first-order valence-electron chi connectivity index (χ1n) is 12.7. The molecule has 1 aromatic carbocycles. The first kappa shape index (κ1) is 22.7. The molecule has 1 atom stereocenters. The van der Waals surface area contributed by atoms with Crippen LogP contribution in [0, 0.1) is 5.41 Å². The van der Waals surface area contributed by atoms with E-state index in [0.29, 0.717) is 33.6 Å². The zero-order valence-corrected chi connectivity index (χ0v) is 21.3. The summed E-state index contributed by atoms with van der Waals surface area (Å²) >= 11 is 6.62. The van der Waals surface area contributed by atoms with Crippen LogP contribution in [0.15, 0.2) is 41.3 Å². The minimum atomic E-state index is -0.452. The van der Waals surface area contributed by atoms with Gasteiger partial charge in [-0.3, -0.25) is 14.9 Å². The number of benzene rings is 1. The Morgan fingerprint density at radius 1 is 1.16 bits per heavy atom. The van der Waals surface area contributed by atoms with Gasteiger partial charge in [0.05, 0.1) is 12.8 Å². The zero-order chi connectivity index (χ0) is 25.4. The number of halogens is 1. The molecule has 1 aliphatic heterocycles. The van der Waals surface area contributed by atoms with Gasteiger partial charge in [-0.25, -0.2) is 4.98 Å². The van der Waals surface area contributed by atoms with Crippen molar-refractivity contribution in [1.29, 1.82) is 0 Å². The summed E-state index contributed by atoms with van der Waals surface area (Å²) in [6, 6.07) is 10.4. The van der Waals surface area contributed by atoms with E-state index in [1.165, 1.54) is 11.1 Å². The second-order valence-corrected chi connectivity index (χ2v) is 11.0. The van der Waals surface area contributed by atoms with Gasteiger partial charge < -0.3 is 15.4 Å². The van der Waals surface area contributed by atoms with Gasteiger partial charge >= 0.3 is 0 Å². The van der Waals surface area contributed by atoms with Crippen molar-refractivity contribution in [3.05, 3.63) is 74.3 Å². The summed E-state index contributed by atoms with van der Waals surface area (Å²) in [6.45, 7) is 1.57. The van der Waals surface area contributed by atoms with Crippen LogP contribution in [0.25, 0.3) is 11.0 Å². The van der Waals surface area contributed by atoms with Gasteiger partial charge in [-0.05, 0) is 60.3 Å². The Balaban J connectivity index is 1.18. The smallest absolute Gasteiger partial charge is 0.263 e. The van der Waals surface area contributed by atoms with Crippen LogP contribution < -0.4 is 20.9 Å². The molecule has 4 heterocycles. The summed E-state index contributed by atoms with van der Waals surface area (Å²) in [6.07, 6.45) is 6.24. The van der Waals surface area contributed by atoms with Gasteiger partial charge in [0.25, 0.3) is 5.56 Å². The largest absolute Gasteiger partial charge is 0.480 e. The van der Waals surface area contributed by atoms with Crippen molar-refractivity contribution >= 4 is 28.6 Å². The van der Waals surface area contributed by atoms with E-state index in [4.69, 9.17) is 27.1 Å². The molecule has 7 rings (SSSR count). The van der Waals surface area contributed by atoms with Crippen LogP contribution in [0.3, 0.4) is 0 Å². The normalized spacial score (nSPS) is 21.4. The van der Waals surface area contributed by atoms with Crippen LogP contribution in [-0.2, 0) is 11.8 Å². The lowest BCUT2D eigenvalue weighted by Crippen LogP contribution is -2.45. The van der Waals surface area contributed by atoms with Crippen molar-refractivity contribution in [2.24, 2.45) is 11.1 Å². The molecule has 190 valence electrons. The Labute approximate surface area is 218 Å². The highest BCUT2D eigenvalue weighted by Gasteiger charge is 2.51. The maximum absolute atomic E-state index is 13.4. The molecular weight excluding hydrogens is 490 g/mol. The van der Waals surface area contributed by atoms with E-state index in [9.17, 15) is 4.79 Å². The number of methoxy groups -OCH3 is 1. The molecule has 0 amide bonds. The molecule has 4 aromatic rings. The highest BCUT2D eigenvalue weighted by molar-refractivity contribution is 6.32. The van der Waals surface area contributed by atoms with E-state index < -0.39 is 5.41 Å². The molecule has 1 spiro atoms. The van der Waals surface area contributed by atoms with Gasteiger partial charge in [-0.1, -0.05) is 35.9 Å². The summed E-state index contributed by atoms with van der Waals surface area (Å²) in [5, 5.41) is 8.53. The van der Waals surface area contributed by atoms with Crippen molar-refractivity contribution in [3.8, 4) is 5.88 Å². The van der Waals surface area contributed by atoms with Gasteiger partial charge in [-0.15, -0.1) is 0 Å². The van der Waals surface area contributed by atoms with E-state index >= 15 is 0 Å². The average molecular weight is 518 g/mol. The van der Waals surface area contributed by atoms with Gasteiger partial charge in [0.1, 0.15) is 10.4 Å². The van der Waals surface area contributed by atoms with Crippen LogP contribution in [0.1, 0.15) is 54.1 Å². The van der Waals surface area contributed by atoms with Crippen LogP contribution in [0.2, 0.25) is 5.02 Å². The van der Waals surface area contributed by atoms with Crippen molar-refractivity contribution in [3.63, 3.8) is 0 Å². The molecule has 9 nitrogen and oxygen atoms in total. The molecule has 1 saturated carbocycles. The van der Waals surface area contributed by atoms with Crippen LogP contribution in [0.4, 0.5) is 5.95 Å². The van der Waals surface area contributed by atoms with Gasteiger partial charge in [-0.2, -0.15) is 10.1 Å². The number of nitrogens with two attached hydrogens (primary N) is 1. The van der Waals surface area contributed by atoms with E-state index in [1.54, 1.807) is 13.3 Å². The number of fused-ring (bicyclic) bond motifs is 2. The monoisotopic (exact) mass is 517 g/mol. The second kappa shape index (κ2) is 8.03. The first-order chi connectivity index (χ1) is 18.0. The Morgan fingerprint density at radius 3 is 2.68 bits per heavy atom. The summed E-state index contributed by atoms with van der Waals surface area (Å²) in [7, 11) is 1.54. The van der Waals surface area contributed by atoms with Gasteiger partial charge in [0.2, 0.25) is 11.8 Å². The minimum absolute atomic E-state index is 0.0452. The van der Waals surface area contributed by atoms with Crippen molar-refractivity contribution in [2.75, 3.05) is 25.1 Å². The predicted molar refractivity (Wildman–Crippen MR) is 141 cm³/mol. The standard InChI is InChI=1S/C27H28ClN7O2/c1-37-24-19(28)17(6-11-30-24)27(7-8-27)21-18-22(34-33-21)31-25(32-23(18)36)35-12-9-26(10-13-35)14-15-4-2-3-5-16(15)20(26)29/h2-6,11,20H,7-10,12-14,29H2,1H3,(H2,31,32,33,34,36)/t20-/m1/s1. The summed E-state index contributed by atoms with van der Waals surface area (Å²) in [5.41, 5.74) is 10.8. The number of aromatic amines is 2. The maximum Gasteiger partial charge on any atom is 0.263 e. The fourth-order valence-corrected chi connectivity index (χ4v) is 6.96. The number of hydrogen-bond acceptors (Lipinski definition) is 7. The zero-order valence-electron chi connectivity index (χ0n) is 20.6. The van der Waals surface area contributed by atoms with Crippen molar-refractivity contribution in [2.45, 2.75) is 43.6 Å². The molecule has 0 bridgehead atoms. The molecule has 37 heavy (non-hydrogen) atoms. The SMILES string of the molecule is COc1nccc(C2(c3n[nH]c4nc(N5CCC6(CC5)Cc5ccccc5[C@H]6N)[nH]c(=O)c34)CC2)c1Cl. The number of hydrogen-bond donors (Lipinski definition) is 3. The number of anilines is 1. The number of ether oxygens (including phenoxy) is 1. The van der Waals surface area contributed by atoms with Crippen LogP contribution in [0.5, 0.6) is 5.88 Å². The number of pyridine rings is 1. The van der Waals surface area contributed by atoms with E-state index in [0.717, 1.165) is 50.8 Å². The number of nitrogens with one attached hydrogen (secondary N) is 2. The fraction of sp³-hybridized carbons (Fsp3) is 0.407. The number of piperidine rings is 1. The molecule has 4 N–H and O–H groups in total. The number of H-pyrrole nitrogens is 2. The molecule has 2 aliphatic carbocycles. The molecule has 2 fully saturated rings. The molecule has 10 heteroatoms. The lowest BCUT2D eigenvalue weighted by molar-refractivity contribution is 0.187. The maximum atomic E-state index is 13.4. The molecule has 0 radical (unpaired) electrons. The molecule has 3 aliphatic rings. The third-order valence-corrected chi connectivity index (χ3v) is 9.20. The molecule has 0 unspecified atom stereocenters. The quantitative estimate of drug-likeness (QED) is 0.377. The van der Waals surface area contributed by atoms with Crippen molar-refractivity contribution < 1.29 is 4.74 Å². The van der Waals surface area contributed by atoms with E-state index in [2.05, 4.69) is 49.3 Å². The Morgan fingerprint density at radius 2 is 1.95 bits per heavy atom. The average Bonchev–Trinajstić information content (AvgIpc) is 3.51. The number of nitrogens with zero attached hydrogens (tertiary/aromatic N) is 4. The van der Waals surface area contributed by atoms with Crippen molar-refractivity contribution in [1.82, 2.24) is 25.1 Å². The Kier molecular flexibility index (Phi) is 4.94. The molecular formula is C27H28ClN7O2. The van der Waals surface area contributed by atoms with E-state index in [-0.39, 0.29) is 17.0 Å². The Bertz CT molecular complexity index is 1580. The van der Waals surface area contributed by atoms with Gasteiger partial charge in [0, 0.05) is 30.7 Å². The van der Waals surface area contributed by atoms with Crippen LogP contribution >= 0.6 is 11.6 Å². The Hall–Kier alpha value is -3.43. The number of rotatable bonds is 4. The topological polar surface area (TPSA) is 126 Å². The second-order valence-electron chi connectivity index (χ2n) is 10.7. The van der Waals surface area contributed by atoms with Gasteiger partial charge in [0.15, 0.2) is 5.65 Å². The summed E-state index contributed by atoms with van der Waals surface area (Å²) < 4.78 is 5.31. The summed E-state index contributed by atoms with van der Waals surface area (Å²) in [4.78, 5) is 27.6. The molecule has 3 aromatic heterocycles. The highest BCUT2D eigenvalue weighted by atomic mass is 35.5. The highest BCUT2D eigenvalue weighted by Crippen LogP contribution is 2.56. The lowest BCUT2D eigenvalue weighted by Gasteiger charge is -2.42. The first-order valence-corrected chi connectivity index (χ1v) is 13.1. The fourth-order valence-electron chi connectivity index (χ4n) is 6.59. The predicted octanol–water partition coefficient (Wildman–Crippen LogP) is 3.63. The number of aromatic nitrogens is 5. The van der Waals surface area contributed by atoms with Crippen LogP contribution in [-0.4, -0.2) is 45.3 Å². The molecule has 1 saturated heterocycles. The third kappa shape index (κ3) is 3.26. The summed E-state index contributed by atoms with van der Waals surface area (Å²) in [5.74, 6) is 0.938. The third-order valence-electron chi connectivity index (χ3n) is 8.84.